The van der Waals surface area contributed by atoms with Crippen molar-refractivity contribution in [2.75, 3.05) is 26.7 Å². The van der Waals surface area contributed by atoms with Crippen molar-refractivity contribution < 1.29 is 4.92 Å². The predicted octanol–water partition coefficient (Wildman–Crippen LogP) is 1.55. The molecule has 0 amide bonds. The summed E-state index contributed by atoms with van der Waals surface area (Å²) in [4.78, 5) is 17.4. The first-order chi connectivity index (χ1) is 12.9. The molecule has 1 aromatic rings. The summed E-state index contributed by atoms with van der Waals surface area (Å²) in [5, 5.41) is 18.2. The van der Waals surface area contributed by atoms with E-state index in [4.69, 9.17) is 17.3 Å². The summed E-state index contributed by atoms with van der Waals surface area (Å²) >= 11 is 6.22. The van der Waals surface area contributed by atoms with Crippen molar-refractivity contribution in [1.29, 1.82) is 0 Å². The van der Waals surface area contributed by atoms with Crippen LogP contribution in [0.1, 0.15) is 18.4 Å². The molecule has 0 aliphatic carbocycles. The lowest BCUT2D eigenvalue weighted by Crippen LogP contribution is -2.58. The molecule has 9 heteroatoms. The molecule has 2 aliphatic rings. The number of benzene rings is 1. The molecule has 1 fully saturated rings. The quantitative estimate of drug-likeness (QED) is 0.500. The predicted molar refractivity (Wildman–Crippen MR) is 106 cm³/mol. The maximum atomic E-state index is 11.4. The van der Waals surface area contributed by atoms with Gasteiger partial charge in [-0.15, -0.1) is 0 Å². The van der Waals surface area contributed by atoms with Crippen LogP contribution in [0.15, 0.2) is 40.8 Å². The number of aliphatic imine (C=N–C) groups is 1. The number of nitrogens with zero attached hydrogens (tertiary/aromatic N) is 3. The number of rotatable bonds is 6. The van der Waals surface area contributed by atoms with Gasteiger partial charge in [-0.3, -0.25) is 15.8 Å². The lowest BCUT2D eigenvalue weighted by Gasteiger charge is -2.33. The number of piperidine rings is 1. The molecule has 27 heavy (non-hydrogen) atoms. The van der Waals surface area contributed by atoms with Crippen molar-refractivity contribution in [2.24, 2.45) is 16.6 Å². The number of likely N-dealkylation sites (tertiary alicyclic amines) is 1. The third kappa shape index (κ3) is 4.97. The fourth-order valence-corrected chi connectivity index (χ4v) is 3.56. The molecular formula is C18H25ClN6O2. The second-order valence-corrected chi connectivity index (χ2v) is 7.63. The highest BCUT2D eigenvalue weighted by Gasteiger charge is 2.34. The second-order valence-electron chi connectivity index (χ2n) is 7.22. The lowest BCUT2D eigenvalue weighted by atomic mass is 9.97. The van der Waals surface area contributed by atoms with Gasteiger partial charge in [-0.05, 0) is 50.5 Å². The zero-order valence-corrected chi connectivity index (χ0v) is 16.1. The summed E-state index contributed by atoms with van der Waals surface area (Å²) in [6, 6.07) is 7.36. The number of hydrogen-bond acceptors (Lipinski definition) is 7. The van der Waals surface area contributed by atoms with Gasteiger partial charge in [0.15, 0.2) is 11.6 Å². The highest BCUT2D eigenvalue weighted by atomic mass is 35.5. The van der Waals surface area contributed by atoms with Crippen molar-refractivity contribution in [1.82, 2.24) is 15.5 Å². The Morgan fingerprint density at radius 1 is 1.44 bits per heavy atom. The van der Waals surface area contributed by atoms with E-state index in [1.807, 2.05) is 18.2 Å². The smallest absolute Gasteiger partial charge is 0.326 e. The number of nitro groups is 1. The van der Waals surface area contributed by atoms with Crippen LogP contribution in [0.25, 0.3) is 0 Å². The van der Waals surface area contributed by atoms with Gasteiger partial charge >= 0.3 is 5.70 Å². The highest BCUT2D eigenvalue weighted by molar-refractivity contribution is 6.31. The fourth-order valence-electron chi connectivity index (χ4n) is 3.36. The molecular weight excluding hydrogens is 368 g/mol. The van der Waals surface area contributed by atoms with Crippen LogP contribution in [0.4, 0.5) is 0 Å². The molecule has 1 aromatic carbocycles. The monoisotopic (exact) mass is 392 g/mol. The molecule has 4 N–H and O–H groups in total. The summed E-state index contributed by atoms with van der Waals surface area (Å²) in [5.41, 5.74) is 7.08. The molecule has 146 valence electrons. The van der Waals surface area contributed by atoms with Crippen LogP contribution in [-0.4, -0.2) is 48.5 Å². The molecule has 0 bridgehead atoms. The van der Waals surface area contributed by atoms with E-state index >= 15 is 0 Å². The van der Waals surface area contributed by atoms with E-state index in [9.17, 15) is 10.1 Å². The van der Waals surface area contributed by atoms with Gasteiger partial charge in [0.1, 0.15) is 6.21 Å². The third-order valence-electron chi connectivity index (χ3n) is 5.03. The van der Waals surface area contributed by atoms with Gasteiger partial charge in [0.2, 0.25) is 0 Å². The van der Waals surface area contributed by atoms with Crippen molar-refractivity contribution in [3.63, 3.8) is 0 Å². The van der Waals surface area contributed by atoms with E-state index in [1.54, 1.807) is 6.07 Å². The molecule has 0 radical (unpaired) electrons. The van der Waals surface area contributed by atoms with E-state index in [0.717, 1.165) is 31.5 Å². The standard InChI is InChI=1S/C18H25ClN6O2/c1-24-8-6-13(7-9-24)11-21-17-16(25(26)27)12-22-18(20,23-17)10-14-4-2-3-5-15(14)19/h2-5,12-13,21,23H,6-11,20H2,1H3. The average molecular weight is 393 g/mol. The summed E-state index contributed by atoms with van der Waals surface area (Å²) in [5.74, 6) is -0.416. The largest absolute Gasteiger partial charge is 0.366 e. The van der Waals surface area contributed by atoms with Crippen LogP contribution in [0.2, 0.25) is 5.02 Å². The molecule has 1 saturated heterocycles. The Morgan fingerprint density at radius 3 is 2.81 bits per heavy atom. The van der Waals surface area contributed by atoms with Crippen LogP contribution in [0, 0.1) is 16.0 Å². The summed E-state index contributed by atoms with van der Waals surface area (Å²) < 4.78 is 0. The van der Waals surface area contributed by atoms with Crippen molar-refractivity contribution >= 4 is 17.8 Å². The Hall–Kier alpha value is -2.16. The normalized spacial score (nSPS) is 24.0. The molecule has 0 spiro atoms. The fraction of sp³-hybridized carbons (Fsp3) is 0.500. The lowest BCUT2D eigenvalue weighted by molar-refractivity contribution is -0.416. The number of hydrogen-bond donors (Lipinski definition) is 3. The van der Waals surface area contributed by atoms with Crippen molar-refractivity contribution in [3.8, 4) is 0 Å². The minimum Gasteiger partial charge on any atom is -0.366 e. The Bertz CT molecular complexity index is 760. The molecule has 8 nitrogen and oxygen atoms in total. The number of halogens is 1. The maximum absolute atomic E-state index is 11.4. The minimum atomic E-state index is -1.19. The third-order valence-corrected chi connectivity index (χ3v) is 5.40. The van der Waals surface area contributed by atoms with Crippen LogP contribution >= 0.6 is 11.6 Å². The van der Waals surface area contributed by atoms with Gasteiger partial charge in [-0.25, -0.2) is 4.99 Å². The number of nitrogens with two attached hydrogens (primary N) is 1. The van der Waals surface area contributed by atoms with E-state index in [2.05, 4.69) is 27.6 Å². The van der Waals surface area contributed by atoms with Crippen LogP contribution < -0.4 is 16.4 Å². The van der Waals surface area contributed by atoms with E-state index in [1.165, 1.54) is 6.21 Å². The average Bonchev–Trinajstić information content (AvgIpc) is 2.63. The molecule has 1 unspecified atom stereocenters. The summed E-state index contributed by atoms with van der Waals surface area (Å²) in [7, 11) is 2.10. The summed E-state index contributed by atoms with van der Waals surface area (Å²) in [6.07, 6.45) is 3.66. The van der Waals surface area contributed by atoms with E-state index in [0.29, 0.717) is 29.7 Å². The number of nitrogens with one attached hydrogen (secondary N) is 2. The first kappa shape index (κ1) is 19.6. The topological polar surface area (TPSA) is 109 Å². The Balaban J connectivity index is 1.70. The van der Waals surface area contributed by atoms with Crippen LogP contribution in [-0.2, 0) is 6.42 Å². The van der Waals surface area contributed by atoms with Crippen LogP contribution in [0.3, 0.4) is 0 Å². The van der Waals surface area contributed by atoms with Gasteiger partial charge in [-0.1, -0.05) is 29.8 Å². The first-order valence-corrected chi connectivity index (χ1v) is 9.41. The molecule has 2 aliphatic heterocycles. The van der Waals surface area contributed by atoms with Gasteiger partial charge in [0.05, 0.1) is 4.92 Å². The second kappa shape index (κ2) is 8.24. The zero-order valence-electron chi connectivity index (χ0n) is 15.3. The van der Waals surface area contributed by atoms with Crippen LogP contribution in [0.5, 0.6) is 0 Å². The molecule has 2 heterocycles. The number of allylic oxidation sites excluding steroid dienone is 1. The molecule has 1 atom stereocenters. The summed E-state index contributed by atoms with van der Waals surface area (Å²) in [6.45, 7) is 2.73. The zero-order chi connectivity index (χ0) is 19.4. The van der Waals surface area contributed by atoms with Gasteiger partial charge in [0, 0.05) is 18.0 Å². The highest BCUT2D eigenvalue weighted by Crippen LogP contribution is 2.22. The van der Waals surface area contributed by atoms with Gasteiger partial charge in [-0.2, -0.15) is 0 Å². The van der Waals surface area contributed by atoms with Crippen molar-refractivity contribution in [3.05, 3.63) is 56.5 Å². The molecule has 3 rings (SSSR count). The SMILES string of the molecule is CN1CCC(CNC2=C([N+](=O)[O-])C=NC(N)(Cc3ccccc3Cl)N2)CC1. The van der Waals surface area contributed by atoms with Gasteiger partial charge < -0.3 is 15.5 Å². The van der Waals surface area contributed by atoms with Crippen molar-refractivity contribution in [2.45, 2.75) is 25.0 Å². The maximum Gasteiger partial charge on any atom is 0.326 e. The molecule has 0 saturated carbocycles. The van der Waals surface area contributed by atoms with Gasteiger partial charge in [0.25, 0.3) is 0 Å². The molecule has 0 aromatic heterocycles. The van der Waals surface area contributed by atoms with E-state index < -0.39 is 10.7 Å². The Morgan fingerprint density at radius 2 is 2.15 bits per heavy atom. The van der Waals surface area contributed by atoms with E-state index in [-0.39, 0.29) is 5.70 Å². The Kier molecular flexibility index (Phi) is 5.98. The minimum absolute atomic E-state index is 0.108. The first-order valence-electron chi connectivity index (χ1n) is 9.03. The Labute approximate surface area is 163 Å².